The molecule has 0 radical (unpaired) electrons. The SMILES string of the molecule is CCCCOc1ccc(NC(=O)C(Sc2ccc(NC(=O)/C=C(\C)C(=O)O)cc2)c2ccccc2)cc1. The molecule has 192 valence electrons. The summed E-state index contributed by atoms with van der Waals surface area (Å²) < 4.78 is 5.69. The van der Waals surface area contributed by atoms with Crippen molar-refractivity contribution in [2.75, 3.05) is 17.2 Å². The lowest BCUT2D eigenvalue weighted by molar-refractivity contribution is -0.132. The molecule has 0 spiro atoms. The average Bonchev–Trinajstić information content (AvgIpc) is 2.89. The fourth-order valence-corrected chi connectivity index (χ4v) is 4.29. The van der Waals surface area contributed by atoms with E-state index in [1.165, 1.54) is 18.7 Å². The normalized spacial score (nSPS) is 11.9. The second-order valence-electron chi connectivity index (χ2n) is 8.27. The van der Waals surface area contributed by atoms with Crippen LogP contribution in [0.1, 0.15) is 37.5 Å². The minimum Gasteiger partial charge on any atom is -0.494 e. The Morgan fingerprint density at radius 1 is 0.919 bits per heavy atom. The number of anilines is 2. The lowest BCUT2D eigenvalue weighted by atomic mass is 10.1. The number of unbranched alkanes of at least 4 members (excludes halogenated alkanes) is 1. The largest absolute Gasteiger partial charge is 0.494 e. The Balaban J connectivity index is 1.69. The average molecular weight is 519 g/mol. The van der Waals surface area contributed by atoms with Crippen LogP contribution in [0.2, 0.25) is 0 Å². The number of hydrogen-bond donors (Lipinski definition) is 3. The maximum absolute atomic E-state index is 13.3. The van der Waals surface area contributed by atoms with E-state index >= 15 is 0 Å². The predicted octanol–water partition coefficient (Wildman–Crippen LogP) is 6.31. The summed E-state index contributed by atoms with van der Waals surface area (Å²) in [6.07, 6.45) is 3.09. The molecule has 8 heteroatoms. The maximum atomic E-state index is 13.3. The molecule has 0 aliphatic rings. The Morgan fingerprint density at radius 2 is 1.54 bits per heavy atom. The van der Waals surface area contributed by atoms with Crippen molar-refractivity contribution in [2.45, 2.75) is 36.8 Å². The van der Waals surface area contributed by atoms with Crippen LogP contribution in [0.4, 0.5) is 11.4 Å². The van der Waals surface area contributed by atoms with Crippen molar-refractivity contribution in [1.29, 1.82) is 0 Å². The highest BCUT2D eigenvalue weighted by atomic mass is 32.2. The number of aliphatic carboxylic acids is 1. The summed E-state index contributed by atoms with van der Waals surface area (Å²) in [7, 11) is 0. The molecule has 1 unspecified atom stereocenters. The fraction of sp³-hybridized carbons (Fsp3) is 0.207. The number of ether oxygens (including phenoxy) is 1. The first-order valence-corrected chi connectivity index (χ1v) is 12.8. The van der Waals surface area contributed by atoms with Crippen LogP contribution < -0.4 is 15.4 Å². The van der Waals surface area contributed by atoms with Crippen molar-refractivity contribution in [3.8, 4) is 5.75 Å². The third-order valence-corrected chi connectivity index (χ3v) is 6.56. The number of carbonyl (C=O) groups is 3. The van der Waals surface area contributed by atoms with E-state index in [4.69, 9.17) is 9.84 Å². The minimum absolute atomic E-state index is 0.0555. The first kappa shape index (κ1) is 27.5. The zero-order chi connectivity index (χ0) is 26.6. The van der Waals surface area contributed by atoms with Gasteiger partial charge < -0.3 is 20.5 Å². The molecule has 0 aromatic heterocycles. The summed E-state index contributed by atoms with van der Waals surface area (Å²) in [5, 5.41) is 14.0. The van der Waals surface area contributed by atoms with Crippen LogP contribution in [0.5, 0.6) is 5.75 Å². The summed E-state index contributed by atoms with van der Waals surface area (Å²) >= 11 is 1.39. The molecule has 2 amide bonds. The van der Waals surface area contributed by atoms with E-state index in [0.717, 1.165) is 35.1 Å². The number of rotatable bonds is 12. The van der Waals surface area contributed by atoms with E-state index in [9.17, 15) is 14.4 Å². The molecule has 0 heterocycles. The van der Waals surface area contributed by atoms with Gasteiger partial charge in [0, 0.05) is 27.9 Å². The molecule has 3 aromatic rings. The molecule has 0 bridgehead atoms. The monoisotopic (exact) mass is 518 g/mol. The van der Waals surface area contributed by atoms with Gasteiger partial charge in [0.25, 0.3) is 0 Å². The van der Waals surface area contributed by atoms with Gasteiger partial charge in [0.1, 0.15) is 11.0 Å². The summed E-state index contributed by atoms with van der Waals surface area (Å²) in [5.41, 5.74) is 2.00. The van der Waals surface area contributed by atoms with E-state index in [1.807, 2.05) is 54.6 Å². The van der Waals surface area contributed by atoms with Crippen molar-refractivity contribution >= 4 is 40.9 Å². The van der Waals surface area contributed by atoms with Gasteiger partial charge in [-0.2, -0.15) is 0 Å². The summed E-state index contributed by atoms with van der Waals surface area (Å²) in [5.74, 6) is -1.07. The summed E-state index contributed by atoms with van der Waals surface area (Å²) in [4.78, 5) is 37.0. The van der Waals surface area contributed by atoms with Gasteiger partial charge in [-0.05, 0) is 67.4 Å². The van der Waals surface area contributed by atoms with Crippen LogP contribution >= 0.6 is 11.8 Å². The Bertz CT molecular complexity index is 1230. The van der Waals surface area contributed by atoms with Crippen LogP contribution in [-0.2, 0) is 14.4 Å². The summed E-state index contributed by atoms with van der Waals surface area (Å²) in [6, 6.07) is 23.9. The fourth-order valence-electron chi connectivity index (χ4n) is 3.27. The molecular weight excluding hydrogens is 488 g/mol. The molecule has 7 nitrogen and oxygen atoms in total. The van der Waals surface area contributed by atoms with Gasteiger partial charge in [0.2, 0.25) is 11.8 Å². The second kappa shape index (κ2) is 13.9. The standard InChI is InChI=1S/C29H30N2O5S/c1-3-4-18-36-24-14-10-23(11-15-24)31-28(33)27(21-8-6-5-7-9-21)37-25-16-12-22(13-17-25)30-26(32)19-20(2)29(34)35/h5-17,19,27H,3-4,18H2,1-2H3,(H,30,32)(H,31,33)(H,34,35)/b20-19+. The Labute approximate surface area is 220 Å². The summed E-state index contributed by atoms with van der Waals surface area (Å²) in [6.45, 7) is 4.13. The highest BCUT2D eigenvalue weighted by Crippen LogP contribution is 2.36. The van der Waals surface area contributed by atoms with Crippen LogP contribution in [0.15, 0.2) is 95.4 Å². The molecular formula is C29H30N2O5S. The van der Waals surface area contributed by atoms with Crippen LogP contribution in [0.3, 0.4) is 0 Å². The van der Waals surface area contributed by atoms with Crippen LogP contribution in [-0.4, -0.2) is 29.5 Å². The lowest BCUT2D eigenvalue weighted by Crippen LogP contribution is -2.19. The Morgan fingerprint density at radius 3 is 2.16 bits per heavy atom. The van der Waals surface area contributed by atoms with Gasteiger partial charge in [-0.3, -0.25) is 9.59 Å². The van der Waals surface area contributed by atoms with Crippen LogP contribution in [0.25, 0.3) is 0 Å². The molecule has 1 atom stereocenters. The first-order valence-electron chi connectivity index (χ1n) is 11.9. The van der Waals surface area contributed by atoms with Gasteiger partial charge in [0.15, 0.2) is 0 Å². The Kier molecular flexibility index (Phi) is 10.3. The van der Waals surface area contributed by atoms with E-state index < -0.39 is 17.1 Å². The number of thioether (sulfide) groups is 1. The van der Waals surface area contributed by atoms with Crippen molar-refractivity contribution in [2.24, 2.45) is 0 Å². The second-order valence-corrected chi connectivity index (χ2v) is 9.45. The van der Waals surface area contributed by atoms with Gasteiger partial charge in [0.05, 0.1) is 6.61 Å². The molecule has 3 aromatic carbocycles. The molecule has 0 aliphatic heterocycles. The van der Waals surface area contributed by atoms with Gasteiger partial charge in [-0.25, -0.2) is 4.79 Å². The lowest BCUT2D eigenvalue weighted by Gasteiger charge is -2.17. The van der Waals surface area contributed by atoms with E-state index in [2.05, 4.69) is 17.6 Å². The molecule has 3 N–H and O–H groups in total. The zero-order valence-corrected chi connectivity index (χ0v) is 21.6. The quantitative estimate of drug-likeness (QED) is 0.147. The maximum Gasteiger partial charge on any atom is 0.331 e. The molecule has 0 saturated heterocycles. The minimum atomic E-state index is -1.15. The number of carboxylic acid groups (broad SMARTS) is 1. The Hall–Kier alpha value is -4.04. The molecule has 0 aliphatic carbocycles. The third kappa shape index (κ3) is 8.84. The molecule has 0 fully saturated rings. The topological polar surface area (TPSA) is 105 Å². The number of hydrogen-bond acceptors (Lipinski definition) is 5. The molecule has 3 rings (SSSR count). The number of nitrogens with one attached hydrogen (secondary N) is 2. The van der Waals surface area contributed by atoms with Gasteiger partial charge in [-0.1, -0.05) is 43.7 Å². The van der Waals surface area contributed by atoms with E-state index in [-0.39, 0.29) is 11.5 Å². The number of carboxylic acids is 1. The predicted molar refractivity (Wildman–Crippen MR) is 147 cm³/mol. The van der Waals surface area contributed by atoms with E-state index in [1.54, 1.807) is 24.3 Å². The number of carbonyl (C=O) groups excluding carboxylic acids is 2. The highest BCUT2D eigenvalue weighted by Gasteiger charge is 2.22. The van der Waals surface area contributed by atoms with Crippen molar-refractivity contribution in [3.63, 3.8) is 0 Å². The van der Waals surface area contributed by atoms with Crippen LogP contribution in [0, 0.1) is 0 Å². The van der Waals surface area contributed by atoms with Gasteiger partial charge in [-0.15, -0.1) is 11.8 Å². The highest BCUT2D eigenvalue weighted by molar-refractivity contribution is 8.00. The smallest absolute Gasteiger partial charge is 0.331 e. The molecule has 37 heavy (non-hydrogen) atoms. The zero-order valence-electron chi connectivity index (χ0n) is 20.8. The number of benzene rings is 3. The van der Waals surface area contributed by atoms with Crippen molar-refractivity contribution in [3.05, 3.63) is 96.1 Å². The first-order chi connectivity index (χ1) is 17.9. The third-order valence-electron chi connectivity index (χ3n) is 5.29. The van der Waals surface area contributed by atoms with Crippen molar-refractivity contribution < 1.29 is 24.2 Å². The van der Waals surface area contributed by atoms with E-state index in [0.29, 0.717) is 18.0 Å². The number of amides is 2. The van der Waals surface area contributed by atoms with Crippen molar-refractivity contribution in [1.82, 2.24) is 0 Å². The molecule has 0 saturated carbocycles. The van der Waals surface area contributed by atoms with Gasteiger partial charge >= 0.3 is 5.97 Å².